The number of fused-ring (bicyclic) bond motifs is 1. The molecule has 3 aromatic carbocycles. The molecule has 0 amide bonds. The van der Waals surface area contributed by atoms with Crippen LogP contribution in [-0.2, 0) is 22.6 Å². The number of ether oxygens (including phenoxy) is 1. The van der Waals surface area contributed by atoms with Gasteiger partial charge in [-0.15, -0.1) is 0 Å². The fourth-order valence-electron chi connectivity index (χ4n) is 4.55. The van der Waals surface area contributed by atoms with Crippen molar-refractivity contribution < 1.29 is 24.5 Å². The van der Waals surface area contributed by atoms with Crippen LogP contribution in [-0.4, -0.2) is 33.3 Å². The average Bonchev–Trinajstić information content (AvgIpc) is 3.30. The summed E-state index contributed by atoms with van der Waals surface area (Å²) in [7, 11) is 0. The van der Waals surface area contributed by atoms with Crippen LogP contribution in [0.3, 0.4) is 0 Å². The summed E-state index contributed by atoms with van der Waals surface area (Å²) in [4.78, 5) is 22.1. The first-order chi connectivity index (χ1) is 19.0. The Morgan fingerprint density at radius 3 is 2.33 bits per heavy atom. The van der Waals surface area contributed by atoms with E-state index in [1.807, 2.05) is 71.4 Å². The first-order valence-electron chi connectivity index (χ1n) is 13.2. The van der Waals surface area contributed by atoms with Crippen molar-refractivity contribution in [2.45, 2.75) is 38.6 Å². The number of nitrogens with zero attached hydrogens (tertiary/aromatic N) is 1. The zero-order valence-electron chi connectivity index (χ0n) is 21.8. The Morgan fingerprint density at radius 1 is 0.795 bits per heavy atom. The smallest absolute Gasteiger partial charge is 0.328 e. The van der Waals surface area contributed by atoms with E-state index in [2.05, 4.69) is 24.3 Å². The molecule has 0 aliphatic carbocycles. The van der Waals surface area contributed by atoms with E-state index in [4.69, 9.17) is 14.9 Å². The van der Waals surface area contributed by atoms with Crippen LogP contribution >= 0.6 is 0 Å². The number of aryl methyl sites for hydroxylation is 2. The maximum absolute atomic E-state index is 11.2. The first-order valence-corrected chi connectivity index (χ1v) is 13.2. The van der Waals surface area contributed by atoms with Gasteiger partial charge >= 0.3 is 11.9 Å². The zero-order chi connectivity index (χ0) is 27.5. The van der Waals surface area contributed by atoms with Gasteiger partial charge in [0, 0.05) is 41.7 Å². The minimum atomic E-state index is -1.02. The van der Waals surface area contributed by atoms with Crippen LogP contribution in [0.4, 0.5) is 0 Å². The fourth-order valence-corrected chi connectivity index (χ4v) is 4.55. The van der Waals surface area contributed by atoms with Gasteiger partial charge in [-0.2, -0.15) is 0 Å². The fraction of sp³-hybridized carbons (Fsp3) is 0.212. The number of unbranched alkanes of at least 4 members (excludes halogenated alkanes) is 1. The standard InChI is InChI=1S/C33H33NO5/c35-31(36)13-7-22-34-24-28(18-21-32(37)38)33-27(11-6-12-30(33)34)17-14-26-15-19-29(20-16-26)39-23-5-4-10-25-8-2-1-3-9-25/h1-3,6,8-9,11-12,14-21,24H,4-5,7,10,13,22-23H2,(H,35,36)(H,37,38)/b17-14?,21-18+. The van der Waals surface area contributed by atoms with Crippen molar-refractivity contribution in [3.05, 3.63) is 107 Å². The van der Waals surface area contributed by atoms with E-state index in [0.29, 0.717) is 19.6 Å². The van der Waals surface area contributed by atoms with Crippen molar-refractivity contribution in [2.24, 2.45) is 0 Å². The highest BCUT2D eigenvalue weighted by Gasteiger charge is 2.11. The number of hydrogen-bond donors (Lipinski definition) is 2. The SMILES string of the molecule is O=C(O)/C=C/c1cn(CCCC(=O)O)c2cccc(C=Cc3ccc(OCCCCc4ccccc4)cc3)c12. The molecular formula is C33H33NO5. The summed E-state index contributed by atoms with van der Waals surface area (Å²) in [6.07, 6.45) is 12.3. The van der Waals surface area contributed by atoms with Crippen molar-refractivity contribution in [1.29, 1.82) is 0 Å². The maximum Gasteiger partial charge on any atom is 0.328 e. The number of aromatic nitrogens is 1. The third kappa shape index (κ3) is 8.20. The lowest BCUT2D eigenvalue weighted by Gasteiger charge is -2.07. The molecule has 1 heterocycles. The zero-order valence-corrected chi connectivity index (χ0v) is 21.8. The number of carbonyl (C=O) groups is 2. The van der Waals surface area contributed by atoms with Gasteiger partial charge in [0.15, 0.2) is 0 Å². The van der Waals surface area contributed by atoms with E-state index in [1.54, 1.807) is 6.08 Å². The van der Waals surface area contributed by atoms with Gasteiger partial charge in [0.2, 0.25) is 0 Å². The molecule has 0 fully saturated rings. The first kappa shape index (κ1) is 27.5. The molecule has 0 aliphatic rings. The Labute approximate surface area is 228 Å². The van der Waals surface area contributed by atoms with E-state index < -0.39 is 11.9 Å². The molecule has 0 bridgehead atoms. The van der Waals surface area contributed by atoms with Crippen LogP contribution in [0.2, 0.25) is 0 Å². The highest BCUT2D eigenvalue weighted by Crippen LogP contribution is 2.29. The summed E-state index contributed by atoms with van der Waals surface area (Å²) in [6, 6.07) is 24.4. The van der Waals surface area contributed by atoms with Gasteiger partial charge in [0.05, 0.1) is 6.61 Å². The third-order valence-corrected chi connectivity index (χ3v) is 6.47. The van der Waals surface area contributed by atoms with Gasteiger partial charge in [-0.3, -0.25) is 4.79 Å². The Morgan fingerprint density at radius 2 is 1.59 bits per heavy atom. The van der Waals surface area contributed by atoms with E-state index in [-0.39, 0.29) is 6.42 Å². The second kappa shape index (κ2) is 13.8. The van der Waals surface area contributed by atoms with Crippen molar-refractivity contribution in [3.8, 4) is 5.75 Å². The monoisotopic (exact) mass is 523 g/mol. The predicted molar refractivity (Wildman–Crippen MR) is 156 cm³/mol. The van der Waals surface area contributed by atoms with E-state index in [1.165, 1.54) is 5.56 Å². The van der Waals surface area contributed by atoms with Crippen LogP contribution in [0.1, 0.15) is 47.9 Å². The second-order valence-corrected chi connectivity index (χ2v) is 9.38. The molecule has 0 unspecified atom stereocenters. The molecule has 2 N–H and O–H groups in total. The molecule has 6 nitrogen and oxygen atoms in total. The molecule has 0 aliphatic heterocycles. The third-order valence-electron chi connectivity index (χ3n) is 6.47. The van der Waals surface area contributed by atoms with Crippen molar-refractivity contribution in [1.82, 2.24) is 4.57 Å². The predicted octanol–water partition coefficient (Wildman–Crippen LogP) is 7.18. The van der Waals surface area contributed by atoms with Crippen LogP contribution in [0.5, 0.6) is 5.75 Å². The van der Waals surface area contributed by atoms with Gasteiger partial charge < -0.3 is 19.5 Å². The van der Waals surface area contributed by atoms with E-state index >= 15 is 0 Å². The molecule has 0 atom stereocenters. The molecule has 1 aromatic heterocycles. The van der Waals surface area contributed by atoms with Gasteiger partial charge in [0.1, 0.15) is 5.75 Å². The Hall–Kier alpha value is -4.58. The van der Waals surface area contributed by atoms with E-state index in [0.717, 1.165) is 58.7 Å². The van der Waals surface area contributed by atoms with Gasteiger partial charge in [-0.25, -0.2) is 4.79 Å². The summed E-state index contributed by atoms with van der Waals surface area (Å²) in [5, 5.41) is 19.1. The van der Waals surface area contributed by atoms with Crippen molar-refractivity contribution in [2.75, 3.05) is 6.61 Å². The van der Waals surface area contributed by atoms with Crippen molar-refractivity contribution in [3.63, 3.8) is 0 Å². The normalized spacial score (nSPS) is 11.5. The van der Waals surface area contributed by atoms with Gasteiger partial charge in [-0.1, -0.05) is 66.7 Å². The molecule has 200 valence electrons. The minimum absolute atomic E-state index is 0.0764. The molecule has 4 rings (SSSR count). The van der Waals surface area contributed by atoms with E-state index in [9.17, 15) is 9.59 Å². The molecular weight excluding hydrogens is 490 g/mol. The number of rotatable bonds is 14. The lowest BCUT2D eigenvalue weighted by atomic mass is 10.0. The average molecular weight is 524 g/mol. The number of hydrogen-bond acceptors (Lipinski definition) is 3. The largest absolute Gasteiger partial charge is 0.494 e. The lowest BCUT2D eigenvalue weighted by molar-refractivity contribution is -0.137. The quantitative estimate of drug-likeness (QED) is 0.104. The summed E-state index contributed by atoms with van der Waals surface area (Å²) in [5.41, 5.74) is 5.03. The molecule has 0 spiro atoms. The summed E-state index contributed by atoms with van der Waals surface area (Å²) in [5.74, 6) is -1.01. The molecule has 0 radical (unpaired) electrons. The number of carboxylic acid groups (broad SMARTS) is 2. The summed E-state index contributed by atoms with van der Waals surface area (Å²) in [6.45, 7) is 1.21. The van der Waals surface area contributed by atoms with Crippen LogP contribution in [0, 0.1) is 0 Å². The highest BCUT2D eigenvalue weighted by atomic mass is 16.5. The molecule has 6 heteroatoms. The Bertz CT molecular complexity index is 1450. The molecule has 39 heavy (non-hydrogen) atoms. The second-order valence-electron chi connectivity index (χ2n) is 9.38. The summed E-state index contributed by atoms with van der Waals surface area (Å²) >= 11 is 0. The van der Waals surface area contributed by atoms with Crippen molar-refractivity contribution >= 4 is 41.1 Å². The number of benzene rings is 3. The Balaban J connectivity index is 1.42. The molecule has 4 aromatic rings. The maximum atomic E-state index is 11.2. The molecule has 0 saturated heterocycles. The number of aliphatic carboxylic acids is 2. The number of carboxylic acids is 2. The highest BCUT2D eigenvalue weighted by molar-refractivity contribution is 5.99. The summed E-state index contributed by atoms with van der Waals surface area (Å²) < 4.78 is 7.90. The minimum Gasteiger partial charge on any atom is -0.494 e. The van der Waals surface area contributed by atoms with Crippen LogP contribution < -0.4 is 4.74 Å². The Kier molecular flexibility index (Phi) is 9.73. The van der Waals surface area contributed by atoms with Gasteiger partial charge in [-0.05, 0) is 66.6 Å². The van der Waals surface area contributed by atoms with Crippen LogP contribution in [0.25, 0.3) is 29.1 Å². The van der Waals surface area contributed by atoms with Crippen LogP contribution in [0.15, 0.2) is 85.1 Å². The topological polar surface area (TPSA) is 88.8 Å². The van der Waals surface area contributed by atoms with Gasteiger partial charge in [0.25, 0.3) is 0 Å². The molecule has 0 saturated carbocycles. The lowest BCUT2D eigenvalue weighted by Crippen LogP contribution is -2.00.